The summed E-state index contributed by atoms with van der Waals surface area (Å²) in [5.74, 6) is 1.14. The van der Waals surface area contributed by atoms with Gasteiger partial charge in [0.15, 0.2) is 0 Å². The molecule has 0 saturated carbocycles. The Labute approximate surface area is 144 Å². The first-order chi connectivity index (χ1) is 11.7. The molecule has 0 bridgehead atoms. The lowest BCUT2D eigenvalue weighted by Crippen LogP contribution is -2.46. The third-order valence-corrected chi connectivity index (χ3v) is 4.46. The average Bonchev–Trinajstić information content (AvgIpc) is 2.64. The lowest BCUT2D eigenvalue weighted by molar-refractivity contribution is 0.0947. The SMILES string of the molecule is CCN1CCN(CCCNC(=O)c2cc(OC)cc(OC)c2)CC1. The highest BCUT2D eigenvalue weighted by molar-refractivity contribution is 5.95. The maximum Gasteiger partial charge on any atom is 0.251 e. The first kappa shape index (κ1) is 18.5. The van der Waals surface area contributed by atoms with E-state index >= 15 is 0 Å². The predicted molar refractivity (Wildman–Crippen MR) is 95.1 cm³/mol. The molecule has 24 heavy (non-hydrogen) atoms. The first-order valence-corrected chi connectivity index (χ1v) is 8.62. The van der Waals surface area contributed by atoms with E-state index in [0.717, 1.165) is 45.7 Å². The van der Waals surface area contributed by atoms with Crippen LogP contribution in [-0.4, -0.2) is 75.7 Å². The molecule has 1 aliphatic rings. The number of ether oxygens (including phenoxy) is 2. The second-order valence-corrected chi connectivity index (χ2v) is 5.99. The Morgan fingerprint density at radius 1 is 1.04 bits per heavy atom. The molecular formula is C18H29N3O3. The maximum absolute atomic E-state index is 12.3. The van der Waals surface area contributed by atoms with Crippen molar-refractivity contribution in [1.29, 1.82) is 0 Å². The summed E-state index contributed by atoms with van der Waals surface area (Å²) in [6.07, 6.45) is 0.957. The molecule has 1 amide bonds. The molecule has 0 aromatic heterocycles. The highest BCUT2D eigenvalue weighted by Gasteiger charge is 2.15. The van der Waals surface area contributed by atoms with Crippen LogP contribution in [0.4, 0.5) is 0 Å². The van der Waals surface area contributed by atoms with E-state index in [1.165, 1.54) is 0 Å². The fourth-order valence-electron chi connectivity index (χ4n) is 2.87. The van der Waals surface area contributed by atoms with Gasteiger partial charge in [-0.15, -0.1) is 0 Å². The summed E-state index contributed by atoms with van der Waals surface area (Å²) < 4.78 is 10.4. The minimum absolute atomic E-state index is 0.0944. The fourth-order valence-corrected chi connectivity index (χ4v) is 2.87. The molecule has 1 aliphatic heterocycles. The Balaban J connectivity index is 1.73. The molecule has 6 heteroatoms. The summed E-state index contributed by atoms with van der Waals surface area (Å²) in [6.45, 7) is 9.57. The maximum atomic E-state index is 12.3. The Morgan fingerprint density at radius 2 is 1.62 bits per heavy atom. The summed E-state index contributed by atoms with van der Waals surface area (Å²) >= 11 is 0. The Morgan fingerprint density at radius 3 is 2.17 bits per heavy atom. The molecule has 0 radical (unpaired) electrons. The van der Waals surface area contributed by atoms with Crippen molar-refractivity contribution in [2.75, 3.05) is 60.0 Å². The molecule has 134 valence electrons. The van der Waals surface area contributed by atoms with E-state index in [1.807, 2.05) is 0 Å². The van der Waals surface area contributed by atoms with Crippen LogP contribution in [0.5, 0.6) is 11.5 Å². The zero-order valence-electron chi connectivity index (χ0n) is 15.0. The molecule has 0 aliphatic carbocycles. The van der Waals surface area contributed by atoms with Crippen molar-refractivity contribution in [3.05, 3.63) is 23.8 Å². The van der Waals surface area contributed by atoms with Gasteiger partial charge in [-0.3, -0.25) is 4.79 Å². The van der Waals surface area contributed by atoms with Crippen LogP contribution >= 0.6 is 0 Å². The second-order valence-electron chi connectivity index (χ2n) is 5.99. The van der Waals surface area contributed by atoms with Crippen LogP contribution < -0.4 is 14.8 Å². The van der Waals surface area contributed by atoms with Gasteiger partial charge in [-0.1, -0.05) is 6.92 Å². The largest absolute Gasteiger partial charge is 0.497 e. The zero-order chi connectivity index (χ0) is 17.4. The number of benzene rings is 1. The molecule has 1 N–H and O–H groups in total. The van der Waals surface area contributed by atoms with Gasteiger partial charge >= 0.3 is 0 Å². The quantitative estimate of drug-likeness (QED) is 0.729. The number of piperazine rings is 1. The number of hydrogen-bond donors (Lipinski definition) is 1. The Hall–Kier alpha value is -1.79. The van der Waals surface area contributed by atoms with E-state index in [4.69, 9.17) is 9.47 Å². The summed E-state index contributed by atoms with van der Waals surface area (Å²) in [4.78, 5) is 17.2. The van der Waals surface area contributed by atoms with Gasteiger partial charge in [-0.2, -0.15) is 0 Å². The molecule has 1 aromatic rings. The van der Waals surface area contributed by atoms with E-state index in [-0.39, 0.29) is 5.91 Å². The van der Waals surface area contributed by atoms with Crippen molar-refractivity contribution < 1.29 is 14.3 Å². The molecule has 1 saturated heterocycles. The van der Waals surface area contributed by atoms with Crippen LogP contribution in [0.3, 0.4) is 0 Å². The number of amides is 1. The van der Waals surface area contributed by atoms with Crippen molar-refractivity contribution in [2.45, 2.75) is 13.3 Å². The van der Waals surface area contributed by atoms with Crippen molar-refractivity contribution in [3.8, 4) is 11.5 Å². The van der Waals surface area contributed by atoms with Crippen LogP contribution in [0.1, 0.15) is 23.7 Å². The molecule has 1 heterocycles. The molecule has 1 aromatic carbocycles. The monoisotopic (exact) mass is 335 g/mol. The van der Waals surface area contributed by atoms with Gasteiger partial charge in [0, 0.05) is 44.4 Å². The number of hydrogen-bond acceptors (Lipinski definition) is 5. The van der Waals surface area contributed by atoms with Crippen LogP contribution in [0.2, 0.25) is 0 Å². The molecule has 2 rings (SSSR count). The van der Waals surface area contributed by atoms with Gasteiger partial charge < -0.3 is 24.6 Å². The predicted octanol–water partition coefficient (Wildman–Crippen LogP) is 1.46. The molecule has 1 fully saturated rings. The van der Waals surface area contributed by atoms with E-state index in [9.17, 15) is 4.79 Å². The molecule has 0 spiro atoms. The van der Waals surface area contributed by atoms with Gasteiger partial charge in [0.1, 0.15) is 11.5 Å². The van der Waals surface area contributed by atoms with Crippen molar-refractivity contribution in [3.63, 3.8) is 0 Å². The summed E-state index contributed by atoms with van der Waals surface area (Å²) in [6, 6.07) is 5.20. The minimum atomic E-state index is -0.0944. The summed E-state index contributed by atoms with van der Waals surface area (Å²) in [5, 5.41) is 2.97. The van der Waals surface area contributed by atoms with E-state index in [1.54, 1.807) is 32.4 Å². The van der Waals surface area contributed by atoms with Gasteiger partial charge in [0.25, 0.3) is 5.91 Å². The minimum Gasteiger partial charge on any atom is -0.497 e. The number of carbonyl (C=O) groups excluding carboxylic acids is 1. The number of nitrogens with one attached hydrogen (secondary N) is 1. The second kappa shape index (κ2) is 9.49. The van der Waals surface area contributed by atoms with E-state index in [2.05, 4.69) is 22.0 Å². The topological polar surface area (TPSA) is 54.0 Å². The Bertz CT molecular complexity index is 506. The highest BCUT2D eigenvalue weighted by atomic mass is 16.5. The molecule has 6 nitrogen and oxygen atoms in total. The standard InChI is InChI=1S/C18H29N3O3/c1-4-20-8-10-21(11-9-20)7-5-6-19-18(22)15-12-16(23-2)14-17(13-15)24-3/h12-14H,4-11H2,1-3H3,(H,19,22). The molecule has 0 atom stereocenters. The molecule has 0 unspecified atom stereocenters. The number of nitrogens with zero attached hydrogens (tertiary/aromatic N) is 2. The van der Waals surface area contributed by atoms with Crippen LogP contribution in [0.25, 0.3) is 0 Å². The third-order valence-electron chi connectivity index (χ3n) is 4.46. The van der Waals surface area contributed by atoms with E-state index < -0.39 is 0 Å². The van der Waals surface area contributed by atoms with Crippen LogP contribution in [0, 0.1) is 0 Å². The van der Waals surface area contributed by atoms with E-state index in [0.29, 0.717) is 23.6 Å². The highest BCUT2D eigenvalue weighted by Crippen LogP contribution is 2.22. The van der Waals surface area contributed by atoms with Gasteiger partial charge in [0.2, 0.25) is 0 Å². The number of rotatable bonds is 8. The van der Waals surface area contributed by atoms with Crippen LogP contribution in [0.15, 0.2) is 18.2 Å². The van der Waals surface area contributed by atoms with Crippen molar-refractivity contribution >= 4 is 5.91 Å². The number of carbonyl (C=O) groups is 1. The van der Waals surface area contributed by atoms with Crippen molar-refractivity contribution in [1.82, 2.24) is 15.1 Å². The van der Waals surface area contributed by atoms with Crippen LogP contribution in [-0.2, 0) is 0 Å². The average molecular weight is 335 g/mol. The van der Waals surface area contributed by atoms with Gasteiger partial charge in [-0.05, 0) is 31.6 Å². The number of likely N-dealkylation sites (N-methyl/N-ethyl adjacent to an activating group) is 1. The lowest BCUT2D eigenvalue weighted by Gasteiger charge is -2.33. The molecular weight excluding hydrogens is 306 g/mol. The fraction of sp³-hybridized carbons (Fsp3) is 0.611. The first-order valence-electron chi connectivity index (χ1n) is 8.62. The van der Waals surface area contributed by atoms with Crippen molar-refractivity contribution in [2.24, 2.45) is 0 Å². The third kappa shape index (κ3) is 5.39. The summed E-state index contributed by atoms with van der Waals surface area (Å²) in [7, 11) is 3.16. The van der Waals surface area contributed by atoms with Gasteiger partial charge in [-0.25, -0.2) is 0 Å². The number of methoxy groups -OCH3 is 2. The zero-order valence-corrected chi connectivity index (χ0v) is 15.0. The lowest BCUT2D eigenvalue weighted by atomic mass is 10.2. The smallest absolute Gasteiger partial charge is 0.251 e. The summed E-state index contributed by atoms with van der Waals surface area (Å²) in [5.41, 5.74) is 0.558. The normalized spacial score (nSPS) is 16.0. The van der Waals surface area contributed by atoms with Gasteiger partial charge in [0.05, 0.1) is 14.2 Å². The Kier molecular flexibility index (Phi) is 7.34.